The number of benzene rings is 2. The van der Waals surface area contributed by atoms with Crippen LogP contribution in [0.5, 0.6) is 5.75 Å². The monoisotopic (exact) mass is 358 g/mol. The van der Waals surface area contributed by atoms with Gasteiger partial charge in [-0.15, -0.1) is 11.8 Å². The molecule has 130 valence electrons. The molecule has 1 N–H and O–H groups in total. The minimum Gasteiger partial charge on any atom is -0.493 e. The van der Waals surface area contributed by atoms with Gasteiger partial charge in [-0.25, -0.2) is 0 Å². The van der Waals surface area contributed by atoms with Crippen LogP contribution in [0.25, 0.3) is 0 Å². The van der Waals surface area contributed by atoms with Crippen molar-refractivity contribution in [3.8, 4) is 5.75 Å². The summed E-state index contributed by atoms with van der Waals surface area (Å²) in [6, 6.07) is 13.9. The number of ether oxygens (including phenoxy) is 1. The van der Waals surface area contributed by atoms with E-state index >= 15 is 0 Å². The number of nitro groups is 1. The number of fused-ring (bicyclic) bond motifs is 1. The second-order valence-corrected chi connectivity index (χ2v) is 7.16. The number of thioether (sulfide) groups is 1. The minimum atomic E-state index is -0.437. The molecule has 2 aromatic carbocycles. The highest BCUT2D eigenvalue weighted by atomic mass is 32.2. The SMILES string of the molecule is C[C@@H](Sc1ccc([N+](=O)[O-])cc1)C(=O)N[C@@H]1CCOc2ccccc21. The fourth-order valence-corrected chi connectivity index (χ4v) is 3.56. The van der Waals surface area contributed by atoms with Crippen LogP contribution in [-0.4, -0.2) is 22.7 Å². The minimum absolute atomic E-state index is 0.0419. The van der Waals surface area contributed by atoms with E-state index in [2.05, 4.69) is 5.32 Å². The number of carbonyl (C=O) groups excluding carboxylic acids is 1. The molecular weight excluding hydrogens is 340 g/mol. The number of hydrogen-bond donors (Lipinski definition) is 1. The van der Waals surface area contributed by atoms with Gasteiger partial charge < -0.3 is 10.1 Å². The average Bonchev–Trinajstić information content (AvgIpc) is 2.62. The van der Waals surface area contributed by atoms with E-state index in [0.717, 1.165) is 22.6 Å². The molecule has 0 aliphatic carbocycles. The summed E-state index contributed by atoms with van der Waals surface area (Å²) < 4.78 is 5.61. The molecule has 0 fully saturated rings. The molecule has 6 nitrogen and oxygen atoms in total. The molecule has 25 heavy (non-hydrogen) atoms. The number of hydrogen-bond acceptors (Lipinski definition) is 5. The van der Waals surface area contributed by atoms with E-state index in [4.69, 9.17) is 4.74 Å². The van der Waals surface area contributed by atoms with Crippen LogP contribution >= 0.6 is 11.8 Å². The van der Waals surface area contributed by atoms with Gasteiger partial charge in [-0.3, -0.25) is 14.9 Å². The lowest BCUT2D eigenvalue weighted by molar-refractivity contribution is -0.384. The highest BCUT2D eigenvalue weighted by Gasteiger charge is 2.25. The Morgan fingerprint density at radius 1 is 1.28 bits per heavy atom. The van der Waals surface area contributed by atoms with Gasteiger partial charge in [-0.2, -0.15) is 0 Å². The normalized spacial score (nSPS) is 17.1. The average molecular weight is 358 g/mol. The predicted octanol–water partition coefficient (Wildman–Crippen LogP) is 3.72. The largest absolute Gasteiger partial charge is 0.493 e. The molecule has 0 saturated carbocycles. The summed E-state index contributed by atoms with van der Waals surface area (Å²) in [6.45, 7) is 2.40. The summed E-state index contributed by atoms with van der Waals surface area (Å²) in [4.78, 5) is 23.6. The number of nitro benzene ring substituents is 1. The second kappa shape index (κ2) is 7.57. The van der Waals surface area contributed by atoms with Crippen LogP contribution in [-0.2, 0) is 4.79 Å². The zero-order valence-corrected chi connectivity index (χ0v) is 14.5. The van der Waals surface area contributed by atoms with Crippen molar-refractivity contribution < 1.29 is 14.5 Å². The van der Waals surface area contributed by atoms with Gasteiger partial charge in [0.1, 0.15) is 5.75 Å². The van der Waals surface area contributed by atoms with Crippen LogP contribution in [0.2, 0.25) is 0 Å². The summed E-state index contributed by atoms with van der Waals surface area (Å²) in [7, 11) is 0. The quantitative estimate of drug-likeness (QED) is 0.500. The number of non-ortho nitro benzene ring substituents is 1. The number of amides is 1. The Kier molecular flexibility index (Phi) is 5.23. The summed E-state index contributed by atoms with van der Waals surface area (Å²) in [5.74, 6) is 0.750. The zero-order valence-electron chi connectivity index (χ0n) is 13.7. The number of para-hydroxylation sites is 1. The van der Waals surface area contributed by atoms with Crippen molar-refractivity contribution in [1.82, 2.24) is 5.32 Å². The van der Waals surface area contributed by atoms with Crippen molar-refractivity contribution >= 4 is 23.4 Å². The number of nitrogens with zero attached hydrogens (tertiary/aromatic N) is 1. The first-order valence-electron chi connectivity index (χ1n) is 7.98. The molecule has 1 amide bonds. The standard InChI is InChI=1S/C18H18N2O4S/c1-12(25-14-8-6-13(7-9-14)20(22)23)18(21)19-16-10-11-24-17-5-3-2-4-15(16)17/h2-9,12,16H,10-11H2,1H3,(H,19,21)/t12-,16-/m1/s1. The van der Waals surface area contributed by atoms with E-state index in [1.807, 2.05) is 31.2 Å². The summed E-state index contributed by atoms with van der Waals surface area (Å²) in [6.07, 6.45) is 0.734. The Morgan fingerprint density at radius 3 is 2.72 bits per heavy atom. The maximum Gasteiger partial charge on any atom is 0.269 e. The highest BCUT2D eigenvalue weighted by molar-refractivity contribution is 8.00. The molecule has 2 atom stereocenters. The molecule has 0 radical (unpaired) electrons. The maximum absolute atomic E-state index is 12.5. The molecule has 0 bridgehead atoms. The molecule has 3 rings (SSSR count). The van der Waals surface area contributed by atoms with Gasteiger partial charge in [-0.1, -0.05) is 18.2 Å². The molecule has 1 aliphatic heterocycles. The van der Waals surface area contributed by atoms with E-state index in [0.29, 0.717) is 6.61 Å². The van der Waals surface area contributed by atoms with E-state index in [1.54, 1.807) is 12.1 Å². The van der Waals surface area contributed by atoms with Crippen molar-refractivity contribution in [2.24, 2.45) is 0 Å². The molecule has 0 spiro atoms. The van der Waals surface area contributed by atoms with Gasteiger partial charge in [0, 0.05) is 29.0 Å². The number of carbonyl (C=O) groups is 1. The van der Waals surface area contributed by atoms with Crippen molar-refractivity contribution in [2.75, 3.05) is 6.61 Å². The van der Waals surface area contributed by atoms with Gasteiger partial charge >= 0.3 is 0 Å². The Hall–Kier alpha value is -2.54. The molecule has 0 unspecified atom stereocenters. The van der Waals surface area contributed by atoms with Gasteiger partial charge in [0.2, 0.25) is 5.91 Å². The Bertz CT molecular complexity index is 779. The molecule has 7 heteroatoms. The lowest BCUT2D eigenvalue weighted by atomic mass is 10.0. The van der Waals surface area contributed by atoms with E-state index < -0.39 is 4.92 Å². The van der Waals surface area contributed by atoms with Crippen LogP contribution < -0.4 is 10.1 Å². The molecular formula is C18H18N2O4S. The molecule has 2 aromatic rings. The first-order valence-corrected chi connectivity index (χ1v) is 8.86. The van der Waals surface area contributed by atoms with Gasteiger partial charge in [-0.05, 0) is 25.1 Å². The van der Waals surface area contributed by atoms with E-state index in [-0.39, 0.29) is 22.9 Å². The third kappa shape index (κ3) is 4.11. The van der Waals surface area contributed by atoms with Crippen LogP contribution in [0.3, 0.4) is 0 Å². The molecule has 0 aromatic heterocycles. The summed E-state index contributed by atoms with van der Waals surface area (Å²) in [5, 5.41) is 13.5. The topological polar surface area (TPSA) is 81.5 Å². The van der Waals surface area contributed by atoms with Crippen LogP contribution in [0.1, 0.15) is 24.9 Å². The van der Waals surface area contributed by atoms with E-state index in [9.17, 15) is 14.9 Å². The Morgan fingerprint density at radius 2 is 2.00 bits per heavy atom. The van der Waals surface area contributed by atoms with Crippen molar-refractivity contribution in [3.05, 3.63) is 64.2 Å². The Labute approximate surface area is 149 Å². The Balaban J connectivity index is 1.62. The lowest BCUT2D eigenvalue weighted by Gasteiger charge is -2.27. The second-order valence-electron chi connectivity index (χ2n) is 5.75. The first-order chi connectivity index (χ1) is 12.0. The van der Waals surface area contributed by atoms with Crippen molar-refractivity contribution in [3.63, 3.8) is 0 Å². The first kappa shape index (κ1) is 17.3. The van der Waals surface area contributed by atoms with Crippen molar-refractivity contribution in [2.45, 2.75) is 29.5 Å². The summed E-state index contributed by atoms with van der Waals surface area (Å²) >= 11 is 1.38. The van der Waals surface area contributed by atoms with Crippen LogP contribution in [0.15, 0.2) is 53.4 Å². The smallest absolute Gasteiger partial charge is 0.269 e. The third-order valence-electron chi connectivity index (χ3n) is 4.00. The molecule has 1 aliphatic rings. The van der Waals surface area contributed by atoms with Gasteiger partial charge in [0.25, 0.3) is 5.69 Å². The van der Waals surface area contributed by atoms with Crippen molar-refractivity contribution in [1.29, 1.82) is 0 Å². The summed E-state index contributed by atoms with van der Waals surface area (Å²) in [5.41, 5.74) is 1.04. The maximum atomic E-state index is 12.5. The van der Waals surface area contributed by atoms with Gasteiger partial charge in [0.15, 0.2) is 0 Å². The van der Waals surface area contributed by atoms with Crippen LogP contribution in [0.4, 0.5) is 5.69 Å². The number of nitrogens with one attached hydrogen (secondary N) is 1. The fourth-order valence-electron chi connectivity index (χ4n) is 2.69. The third-order valence-corrected chi connectivity index (χ3v) is 5.12. The van der Waals surface area contributed by atoms with E-state index in [1.165, 1.54) is 23.9 Å². The van der Waals surface area contributed by atoms with Gasteiger partial charge in [0.05, 0.1) is 22.8 Å². The highest BCUT2D eigenvalue weighted by Crippen LogP contribution is 2.32. The predicted molar refractivity (Wildman–Crippen MR) is 95.9 cm³/mol. The lowest BCUT2D eigenvalue weighted by Crippen LogP contribution is -2.36. The molecule has 1 heterocycles. The van der Waals surface area contributed by atoms with Crippen LogP contribution in [0, 0.1) is 10.1 Å². The molecule has 0 saturated heterocycles. The number of rotatable bonds is 5. The fraction of sp³-hybridized carbons (Fsp3) is 0.278. The zero-order chi connectivity index (χ0) is 17.8.